The number of nitrogens with one attached hydrogen (secondary N) is 1. The fourth-order valence-electron chi connectivity index (χ4n) is 1.94. The maximum atomic E-state index is 9.26. The Hall–Kier alpha value is -2.11. The van der Waals surface area contributed by atoms with E-state index in [1.165, 1.54) is 5.56 Å². The van der Waals surface area contributed by atoms with Gasteiger partial charge in [0.25, 0.3) is 0 Å². The van der Waals surface area contributed by atoms with E-state index in [0.717, 1.165) is 5.56 Å². The highest BCUT2D eigenvalue weighted by molar-refractivity contribution is 5.25. The molecule has 0 radical (unpaired) electrons. The molecule has 18 heavy (non-hydrogen) atoms. The Kier molecular flexibility index (Phi) is 4.11. The average molecular weight is 236 g/mol. The van der Waals surface area contributed by atoms with Gasteiger partial charge in [0, 0.05) is 6.04 Å². The summed E-state index contributed by atoms with van der Waals surface area (Å²) in [6.45, 7) is 2.07. The minimum atomic E-state index is -0.276. The molecule has 90 valence electrons. The molecule has 0 aliphatic heterocycles. The van der Waals surface area contributed by atoms with Crippen molar-refractivity contribution < 1.29 is 0 Å². The number of rotatable bonds is 4. The summed E-state index contributed by atoms with van der Waals surface area (Å²) >= 11 is 0. The molecule has 0 saturated heterocycles. The molecule has 2 atom stereocenters. The lowest BCUT2D eigenvalue weighted by atomic mass is 10.0. The lowest BCUT2D eigenvalue weighted by molar-refractivity contribution is 0.533. The summed E-state index contributed by atoms with van der Waals surface area (Å²) in [4.78, 5) is 0. The quantitative estimate of drug-likeness (QED) is 0.880. The number of nitrogens with zero attached hydrogens (tertiary/aromatic N) is 1. The lowest BCUT2D eigenvalue weighted by Crippen LogP contribution is -2.23. The second-order valence-corrected chi connectivity index (χ2v) is 4.27. The van der Waals surface area contributed by atoms with Crippen LogP contribution < -0.4 is 5.32 Å². The Morgan fingerprint density at radius 3 is 1.89 bits per heavy atom. The second kappa shape index (κ2) is 6.00. The van der Waals surface area contributed by atoms with Gasteiger partial charge in [-0.15, -0.1) is 0 Å². The predicted molar refractivity (Wildman–Crippen MR) is 72.8 cm³/mol. The summed E-state index contributed by atoms with van der Waals surface area (Å²) < 4.78 is 0. The van der Waals surface area contributed by atoms with Gasteiger partial charge >= 0.3 is 0 Å². The SMILES string of the molecule is C[C@@H](N[C@@H](C#N)c1ccccc1)c1ccccc1. The van der Waals surface area contributed by atoms with Crippen LogP contribution >= 0.6 is 0 Å². The van der Waals surface area contributed by atoms with Gasteiger partial charge in [-0.05, 0) is 18.1 Å². The van der Waals surface area contributed by atoms with Gasteiger partial charge in [-0.3, -0.25) is 5.32 Å². The third-order valence-electron chi connectivity index (χ3n) is 2.98. The van der Waals surface area contributed by atoms with Crippen molar-refractivity contribution >= 4 is 0 Å². The molecule has 0 aliphatic carbocycles. The Morgan fingerprint density at radius 1 is 0.889 bits per heavy atom. The molecule has 2 aromatic rings. The molecule has 2 nitrogen and oxygen atoms in total. The molecule has 0 amide bonds. The van der Waals surface area contributed by atoms with E-state index in [1.807, 2.05) is 48.5 Å². The normalized spacial score (nSPS) is 13.6. The number of hydrogen-bond acceptors (Lipinski definition) is 2. The molecule has 0 spiro atoms. The number of benzene rings is 2. The monoisotopic (exact) mass is 236 g/mol. The van der Waals surface area contributed by atoms with Crippen LogP contribution in [-0.4, -0.2) is 0 Å². The van der Waals surface area contributed by atoms with Gasteiger partial charge in [-0.1, -0.05) is 60.7 Å². The van der Waals surface area contributed by atoms with Crippen LogP contribution in [0.4, 0.5) is 0 Å². The summed E-state index contributed by atoms with van der Waals surface area (Å²) in [7, 11) is 0. The van der Waals surface area contributed by atoms with E-state index in [0.29, 0.717) is 0 Å². The first-order valence-corrected chi connectivity index (χ1v) is 6.07. The summed E-state index contributed by atoms with van der Waals surface area (Å²) in [6.07, 6.45) is 0. The van der Waals surface area contributed by atoms with Crippen molar-refractivity contribution in [1.29, 1.82) is 5.26 Å². The van der Waals surface area contributed by atoms with Crippen LogP contribution in [0, 0.1) is 11.3 Å². The first-order chi connectivity index (χ1) is 8.81. The third-order valence-corrected chi connectivity index (χ3v) is 2.98. The number of hydrogen-bond donors (Lipinski definition) is 1. The van der Waals surface area contributed by atoms with E-state index in [4.69, 9.17) is 0 Å². The van der Waals surface area contributed by atoms with E-state index in [9.17, 15) is 5.26 Å². The minimum absolute atomic E-state index is 0.149. The summed E-state index contributed by atoms with van der Waals surface area (Å²) in [5, 5.41) is 12.6. The Labute approximate surface area is 108 Å². The summed E-state index contributed by atoms with van der Waals surface area (Å²) in [6, 6.07) is 22.1. The maximum absolute atomic E-state index is 9.26. The van der Waals surface area contributed by atoms with E-state index in [-0.39, 0.29) is 12.1 Å². The van der Waals surface area contributed by atoms with Crippen LogP contribution in [0.15, 0.2) is 60.7 Å². The van der Waals surface area contributed by atoms with Crippen molar-refractivity contribution in [2.24, 2.45) is 0 Å². The highest BCUT2D eigenvalue weighted by Gasteiger charge is 2.13. The Balaban J connectivity index is 2.11. The largest absolute Gasteiger partial charge is 0.292 e. The van der Waals surface area contributed by atoms with Crippen molar-refractivity contribution in [3.8, 4) is 6.07 Å². The van der Waals surface area contributed by atoms with Crippen molar-refractivity contribution in [3.05, 3.63) is 71.8 Å². The zero-order valence-corrected chi connectivity index (χ0v) is 10.4. The molecular formula is C16H16N2. The molecule has 2 heteroatoms. The molecule has 0 saturated carbocycles. The molecule has 0 fully saturated rings. The van der Waals surface area contributed by atoms with E-state index >= 15 is 0 Å². The maximum Gasteiger partial charge on any atom is 0.121 e. The highest BCUT2D eigenvalue weighted by atomic mass is 14.9. The van der Waals surface area contributed by atoms with Crippen LogP contribution in [0.5, 0.6) is 0 Å². The predicted octanol–water partition coefficient (Wildman–Crippen LogP) is 3.60. The molecule has 1 N–H and O–H groups in total. The van der Waals surface area contributed by atoms with E-state index < -0.39 is 0 Å². The second-order valence-electron chi connectivity index (χ2n) is 4.27. The average Bonchev–Trinajstić information content (AvgIpc) is 2.46. The molecule has 0 heterocycles. The van der Waals surface area contributed by atoms with Crippen molar-refractivity contribution in [1.82, 2.24) is 5.32 Å². The molecule has 2 aromatic carbocycles. The fourth-order valence-corrected chi connectivity index (χ4v) is 1.94. The summed E-state index contributed by atoms with van der Waals surface area (Å²) in [5.41, 5.74) is 2.19. The van der Waals surface area contributed by atoms with E-state index in [1.54, 1.807) is 0 Å². The van der Waals surface area contributed by atoms with Gasteiger partial charge in [0.2, 0.25) is 0 Å². The van der Waals surface area contributed by atoms with Gasteiger partial charge in [0.1, 0.15) is 6.04 Å². The number of nitriles is 1. The Morgan fingerprint density at radius 2 is 1.39 bits per heavy atom. The lowest BCUT2D eigenvalue weighted by Gasteiger charge is -2.18. The first-order valence-electron chi connectivity index (χ1n) is 6.07. The van der Waals surface area contributed by atoms with Crippen molar-refractivity contribution in [2.75, 3.05) is 0 Å². The van der Waals surface area contributed by atoms with Gasteiger partial charge in [-0.2, -0.15) is 5.26 Å². The van der Waals surface area contributed by atoms with E-state index in [2.05, 4.69) is 30.4 Å². The van der Waals surface area contributed by atoms with Crippen molar-refractivity contribution in [3.63, 3.8) is 0 Å². The highest BCUT2D eigenvalue weighted by Crippen LogP contribution is 2.18. The summed E-state index contributed by atoms with van der Waals surface area (Å²) in [5.74, 6) is 0. The molecule has 2 rings (SSSR count). The van der Waals surface area contributed by atoms with Gasteiger partial charge < -0.3 is 0 Å². The molecule has 0 unspecified atom stereocenters. The molecule has 0 bridgehead atoms. The van der Waals surface area contributed by atoms with Crippen molar-refractivity contribution in [2.45, 2.75) is 19.0 Å². The van der Waals surface area contributed by atoms with Crippen LogP contribution in [0.25, 0.3) is 0 Å². The van der Waals surface area contributed by atoms with Gasteiger partial charge in [0.05, 0.1) is 6.07 Å². The van der Waals surface area contributed by atoms with Crippen LogP contribution in [0.2, 0.25) is 0 Å². The standard InChI is InChI=1S/C16H16N2/c1-13(14-8-4-2-5-9-14)18-16(12-17)15-10-6-3-7-11-15/h2-11,13,16,18H,1H3/t13-,16+/m1/s1. The molecular weight excluding hydrogens is 220 g/mol. The smallest absolute Gasteiger partial charge is 0.121 e. The zero-order valence-electron chi connectivity index (χ0n) is 10.4. The van der Waals surface area contributed by atoms with Crippen LogP contribution in [-0.2, 0) is 0 Å². The topological polar surface area (TPSA) is 35.8 Å². The van der Waals surface area contributed by atoms with Gasteiger partial charge in [0.15, 0.2) is 0 Å². The van der Waals surface area contributed by atoms with Gasteiger partial charge in [-0.25, -0.2) is 0 Å². The fraction of sp³-hybridized carbons (Fsp3) is 0.188. The molecule has 0 aliphatic rings. The zero-order chi connectivity index (χ0) is 12.8. The van der Waals surface area contributed by atoms with Crippen LogP contribution in [0.3, 0.4) is 0 Å². The first kappa shape index (κ1) is 12.3. The minimum Gasteiger partial charge on any atom is -0.292 e. The third kappa shape index (κ3) is 2.97. The van der Waals surface area contributed by atoms with Crippen LogP contribution in [0.1, 0.15) is 30.1 Å². The Bertz CT molecular complexity index is 514. The molecule has 0 aromatic heterocycles.